The Balaban J connectivity index is 0.860. The van der Waals surface area contributed by atoms with Gasteiger partial charge in [-0.15, -0.1) is 45.3 Å². The smallest absolute Gasteiger partial charge is 0.252 e. The van der Waals surface area contributed by atoms with Crippen LogP contribution in [0.25, 0.3) is 180 Å². The molecule has 9 heteroatoms. The second-order valence-corrected chi connectivity index (χ2v) is 39.4. The van der Waals surface area contributed by atoms with Crippen molar-refractivity contribution < 1.29 is 0 Å². The van der Waals surface area contributed by atoms with Crippen molar-refractivity contribution in [2.45, 2.75) is 65.7 Å². The molecule has 6 aromatic heterocycles. The van der Waals surface area contributed by atoms with Crippen molar-refractivity contribution >= 4 is 227 Å². The van der Waals surface area contributed by atoms with Crippen LogP contribution in [-0.4, -0.2) is 15.8 Å². The Hall–Kier alpha value is -13.1. The molecule has 4 nitrogen and oxygen atoms in total. The summed E-state index contributed by atoms with van der Waals surface area (Å²) in [6.07, 6.45) is 0.773. The maximum atomic E-state index is 2.80. The summed E-state index contributed by atoms with van der Waals surface area (Å²) in [6, 6.07) is 132. The summed E-state index contributed by atoms with van der Waals surface area (Å²) in [5.74, 6) is 0. The first-order chi connectivity index (χ1) is 59.3. The van der Waals surface area contributed by atoms with Crippen LogP contribution in [-0.2, 0) is 17.3 Å². The minimum absolute atomic E-state index is 0.104. The molecule has 0 N–H and O–H groups in total. The lowest BCUT2D eigenvalue weighted by atomic mass is 9.33. The predicted octanol–water partition coefficient (Wildman–Crippen LogP) is 31.3. The van der Waals surface area contributed by atoms with Gasteiger partial charge in [-0.05, 0) is 135 Å². The first kappa shape index (κ1) is 70.9. The van der Waals surface area contributed by atoms with E-state index in [2.05, 4.69) is 407 Å². The molecule has 0 aliphatic carbocycles. The van der Waals surface area contributed by atoms with Crippen molar-refractivity contribution in [3.05, 3.63) is 356 Å². The summed E-state index contributed by atoms with van der Waals surface area (Å²) in [4.78, 5) is 5.60. The number of anilines is 6. The van der Waals surface area contributed by atoms with Crippen LogP contribution in [0.2, 0.25) is 0 Å². The molecule has 574 valence electrons. The SMILES string of the molecule is CCc1cc2c3c(c1)N(c1c(-c4cccc5c4sc4ccccc45)cccc1-c1cccc4c1sc1ccccc14)c1cc(-n4c5ccccc5c5ccc(C(C)(C)C)cc54)ccc1B3c1ccc(-n3c4ccccc4c4ccc(C(C)(C)C)cc43)cc1N2c1c(-c2cccc3c2sc2ccccc23)cccc1-c1cccc2c1sc1ccccc12. The molecule has 0 bridgehead atoms. The van der Waals surface area contributed by atoms with Crippen LogP contribution in [0.1, 0.15) is 65.2 Å². The predicted molar refractivity (Wildman–Crippen MR) is 529 cm³/mol. The molecular formula is C112H79BN4S4. The first-order valence-electron chi connectivity index (χ1n) is 42.3. The largest absolute Gasteiger partial charge is 0.310 e. The van der Waals surface area contributed by atoms with Crippen LogP contribution in [0.4, 0.5) is 34.1 Å². The van der Waals surface area contributed by atoms with E-state index >= 15 is 0 Å². The van der Waals surface area contributed by atoms with Gasteiger partial charge in [0.1, 0.15) is 0 Å². The third-order valence-corrected chi connectivity index (χ3v) is 31.3. The van der Waals surface area contributed by atoms with E-state index in [0.29, 0.717) is 0 Å². The number of fused-ring (bicyclic) bond motifs is 22. The van der Waals surface area contributed by atoms with Crippen molar-refractivity contribution in [1.82, 2.24) is 9.13 Å². The van der Waals surface area contributed by atoms with Crippen molar-refractivity contribution in [3.63, 3.8) is 0 Å². The third kappa shape index (κ3) is 10.5. The number of thiophene rings is 4. The summed E-state index contributed by atoms with van der Waals surface area (Å²) in [5.41, 5.74) is 30.7. The zero-order valence-electron chi connectivity index (χ0n) is 68.0. The van der Waals surface area contributed by atoms with Crippen LogP contribution in [0.5, 0.6) is 0 Å². The lowest BCUT2D eigenvalue weighted by molar-refractivity contribution is 0.590. The van der Waals surface area contributed by atoms with Crippen molar-refractivity contribution in [1.29, 1.82) is 0 Å². The molecule has 0 unspecified atom stereocenters. The van der Waals surface area contributed by atoms with E-state index in [1.54, 1.807) is 0 Å². The minimum Gasteiger partial charge on any atom is -0.310 e. The highest BCUT2D eigenvalue weighted by molar-refractivity contribution is 7.27. The zero-order chi connectivity index (χ0) is 80.6. The molecule has 23 aromatic rings. The summed E-state index contributed by atoms with van der Waals surface area (Å²) in [6.45, 7) is 16.2. The van der Waals surface area contributed by atoms with E-state index in [0.717, 1.165) is 51.9 Å². The van der Waals surface area contributed by atoms with Crippen molar-refractivity contribution in [2.75, 3.05) is 9.80 Å². The van der Waals surface area contributed by atoms with E-state index in [1.807, 2.05) is 45.3 Å². The maximum Gasteiger partial charge on any atom is 0.252 e. The highest BCUT2D eigenvalue weighted by Gasteiger charge is 2.46. The van der Waals surface area contributed by atoms with Crippen LogP contribution in [0.15, 0.2) is 340 Å². The topological polar surface area (TPSA) is 16.3 Å². The van der Waals surface area contributed by atoms with Gasteiger partial charge in [0.2, 0.25) is 0 Å². The second kappa shape index (κ2) is 26.4. The van der Waals surface area contributed by atoms with E-state index in [4.69, 9.17) is 0 Å². The zero-order valence-corrected chi connectivity index (χ0v) is 71.3. The molecule has 0 spiro atoms. The third-order valence-electron chi connectivity index (χ3n) is 26.4. The monoisotopic (exact) mass is 1620 g/mol. The summed E-state index contributed by atoms with van der Waals surface area (Å²) in [5, 5.41) is 15.1. The molecule has 0 amide bonds. The highest BCUT2D eigenvalue weighted by Crippen LogP contribution is 2.58. The molecule has 2 aliphatic heterocycles. The van der Waals surface area contributed by atoms with Gasteiger partial charge in [0, 0.05) is 181 Å². The lowest BCUT2D eigenvalue weighted by Gasteiger charge is -2.46. The average Bonchev–Trinajstić information content (AvgIpc) is 0.906. The van der Waals surface area contributed by atoms with Crippen LogP contribution < -0.4 is 26.2 Å². The van der Waals surface area contributed by atoms with Gasteiger partial charge in [0.15, 0.2) is 0 Å². The van der Waals surface area contributed by atoms with Gasteiger partial charge in [-0.3, -0.25) is 0 Å². The number of hydrogen-bond acceptors (Lipinski definition) is 6. The number of aryl methyl sites for hydroxylation is 1. The minimum atomic E-state index is -0.284. The molecule has 25 rings (SSSR count). The van der Waals surface area contributed by atoms with E-state index in [1.165, 1.54) is 202 Å². The molecule has 0 saturated heterocycles. The van der Waals surface area contributed by atoms with Gasteiger partial charge in [-0.1, -0.05) is 303 Å². The van der Waals surface area contributed by atoms with E-state index < -0.39 is 0 Å². The van der Waals surface area contributed by atoms with Crippen LogP contribution in [0, 0.1) is 0 Å². The molecule has 121 heavy (non-hydrogen) atoms. The Labute approximate surface area is 718 Å². The molecule has 2 aliphatic rings. The summed E-state index contributed by atoms with van der Waals surface area (Å²) < 4.78 is 15.4. The van der Waals surface area contributed by atoms with Crippen molar-refractivity contribution in [3.8, 4) is 55.9 Å². The van der Waals surface area contributed by atoms with Gasteiger partial charge < -0.3 is 18.9 Å². The fourth-order valence-electron chi connectivity index (χ4n) is 20.7. The first-order valence-corrected chi connectivity index (χ1v) is 45.5. The van der Waals surface area contributed by atoms with Crippen LogP contribution >= 0.6 is 45.3 Å². The normalized spacial score (nSPS) is 13.1. The number of aromatic nitrogens is 2. The Bertz CT molecular complexity index is 7660. The van der Waals surface area contributed by atoms with Gasteiger partial charge in [-0.2, -0.15) is 0 Å². The Morgan fingerprint density at radius 3 is 0.893 bits per heavy atom. The highest BCUT2D eigenvalue weighted by atomic mass is 32.1. The number of rotatable bonds is 9. The lowest BCUT2D eigenvalue weighted by Crippen LogP contribution is -2.61. The molecule has 0 atom stereocenters. The van der Waals surface area contributed by atoms with Gasteiger partial charge in [0.05, 0.1) is 33.4 Å². The quantitative estimate of drug-likeness (QED) is 0.134. The van der Waals surface area contributed by atoms with Crippen molar-refractivity contribution in [2.24, 2.45) is 0 Å². The van der Waals surface area contributed by atoms with Gasteiger partial charge >= 0.3 is 0 Å². The number of para-hydroxylation sites is 4. The molecule has 17 aromatic carbocycles. The Kier molecular flexibility index (Phi) is 15.5. The molecular weight excluding hydrogens is 1540 g/mol. The summed E-state index contributed by atoms with van der Waals surface area (Å²) in [7, 11) is 0. The average molecular weight is 1620 g/mol. The Morgan fingerprint density at radius 2 is 0.554 bits per heavy atom. The van der Waals surface area contributed by atoms with Gasteiger partial charge in [0.25, 0.3) is 6.71 Å². The fraction of sp³-hybridized carbons (Fsp3) is 0.0893. The number of hydrogen-bond donors (Lipinski definition) is 0. The van der Waals surface area contributed by atoms with Gasteiger partial charge in [-0.25, -0.2) is 0 Å². The standard InChI is InChI=1S/C112H79BN4S4/c1-8-65-59-98-104-99(60-65)117(106-80(88-43-25-39-84-76-31-13-19-49-102(76)120-109(84)88)35-22-36-81(106)89-44-26-40-85-77-32-14-20-50-103(77)121-110(85)89)97-64-69(115-93-46-16-10-28-71(93)73-56-52-67(62-95(73)115)112(5,6)7)54-58-91(97)113(104)90-57-53-68(114-92-45-15-9-27-70(92)72-55-51-66(61-94(72)114)111(2,3)4)63-96(90)116(98)105-78(86-41-23-37-82-74-29-11-17-47-100(74)118-107(82)86)33-21-34-79(105)87-42-24-38-83-75-30-12-18-48-101(75)119-108(83)87/h9-64H,8H2,1-7H3. The Morgan fingerprint density at radius 1 is 0.256 bits per heavy atom. The summed E-state index contributed by atoms with van der Waals surface area (Å²) >= 11 is 7.65. The van der Waals surface area contributed by atoms with E-state index in [9.17, 15) is 0 Å². The molecule has 0 radical (unpaired) electrons. The fourth-order valence-corrected chi connectivity index (χ4v) is 25.6. The maximum absolute atomic E-state index is 2.80. The molecule has 0 fully saturated rings. The number of nitrogens with zero attached hydrogens (tertiary/aromatic N) is 4. The van der Waals surface area contributed by atoms with Crippen LogP contribution in [0.3, 0.4) is 0 Å². The molecule has 8 heterocycles. The second-order valence-electron chi connectivity index (χ2n) is 35.2. The molecule has 0 saturated carbocycles. The van der Waals surface area contributed by atoms with E-state index in [-0.39, 0.29) is 17.5 Å². The number of benzene rings is 17.